The van der Waals surface area contributed by atoms with Crippen LogP contribution in [0, 0.1) is 22.7 Å². The molecule has 6 aromatic rings. The van der Waals surface area contributed by atoms with Gasteiger partial charge in [0.2, 0.25) is 17.7 Å². The molecule has 7 aliphatic rings. The molecular weight excluding hydrogens is 1330 g/mol. The molecule has 6 heterocycles. The Balaban J connectivity index is 0.557. The monoisotopic (exact) mass is 1420 g/mol. The fourth-order valence-corrected chi connectivity index (χ4v) is 15.3. The fraction of sp³-hybridized carbons (Fsp3) is 0.463. The number of ketones is 3. The molecule has 2 aliphatic carbocycles. The Morgan fingerprint density at radius 3 is 2.03 bits per heavy atom. The summed E-state index contributed by atoms with van der Waals surface area (Å²) in [5.41, 5.74) is 7.80. The van der Waals surface area contributed by atoms with E-state index in [1.54, 1.807) is 80.1 Å². The second kappa shape index (κ2) is 30.6. The zero-order chi connectivity index (χ0) is 73.1. The zero-order valence-corrected chi connectivity index (χ0v) is 59.9. The van der Waals surface area contributed by atoms with Gasteiger partial charge in [-0.3, -0.25) is 38.4 Å². The number of rotatable bonds is 29. The summed E-state index contributed by atoms with van der Waals surface area (Å²) in [5, 5.41) is 26.5. The molecule has 2 saturated carbocycles. The smallest absolute Gasteiger partial charge is 0.416 e. The molecule has 2 spiro atoms. The molecule has 6 amide bonds. The highest BCUT2D eigenvalue weighted by Crippen LogP contribution is 2.58. The minimum atomic E-state index is -1.45. The Bertz CT molecular complexity index is 4360. The van der Waals surface area contributed by atoms with E-state index in [-0.39, 0.29) is 140 Å². The van der Waals surface area contributed by atoms with E-state index in [2.05, 4.69) is 27.0 Å². The quantitative estimate of drug-likeness (QED) is 0.0368. The number of aryl methyl sites for hydroxylation is 1. The number of Topliss-reactive ketones (excluding diaryl/α,β-unsaturated/α-hetero) is 3. The van der Waals surface area contributed by atoms with Crippen molar-refractivity contribution in [3.63, 3.8) is 0 Å². The van der Waals surface area contributed by atoms with Gasteiger partial charge in [-0.15, -0.1) is 5.10 Å². The summed E-state index contributed by atoms with van der Waals surface area (Å²) >= 11 is 0. The van der Waals surface area contributed by atoms with Crippen LogP contribution >= 0.6 is 0 Å². The first-order chi connectivity index (χ1) is 50.2. The van der Waals surface area contributed by atoms with Crippen molar-refractivity contribution < 1.29 is 71.9 Å². The number of carbonyl (C=O) groups is 9. The number of aliphatic hydroxyl groups is 1. The number of amides is 6. The van der Waals surface area contributed by atoms with Crippen molar-refractivity contribution in [2.75, 3.05) is 56.9 Å². The van der Waals surface area contributed by atoms with E-state index < -0.39 is 47.9 Å². The first kappa shape index (κ1) is 72.1. The number of aliphatic hydroxyl groups excluding tert-OH is 1. The third-order valence-electron chi connectivity index (χ3n) is 21.8. The van der Waals surface area contributed by atoms with Crippen LogP contribution in [0.1, 0.15) is 161 Å². The Labute approximate surface area is 604 Å². The van der Waals surface area contributed by atoms with Gasteiger partial charge in [-0.2, -0.15) is 0 Å². The number of carbonyl (C=O) groups excluding carboxylic acids is 9. The third kappa shape index (κ3) is 15.4. The number of ether oxygens (including phenoxy) is 5. The van der Waals surface area contributed by atoms with Gasteiger partial charge in [-0.25, -0.2) is 14.4 Å². The number of aromatic nitrogens is 3. The van der Waals surface area contributed by atoms with Gasteiger partial charge in [0.15, 0.2) is 40.8 Å². The van der Waals surface area contributed by atoms with Crippen LogP contribution in [-0.2, 0) is 59.6 Å². The maximum Gasteiger partial charge on any atom is 0.416 e. The van der Waals surface area contributed by atoms with E-state index in [1.165, 1.54) is 20.0 Å². The largest absolute Gasteiger partial charge is 0.493 e. The summed E-state index contributed by atoms with van der Waals surface area (Å²) < 4.78 is 31.7. The molecule has 0 radical (unpaired) electrons. The van der Waals surface area contributed by atoms with E-state index in [4.69, 9.17) is 23.7 Å². The van der Waals surface area contributed by atoms with Crippen molar-refractivity contribution in [2.45, 2.75) is 168 Å². The molecule has 2 saturated heterocycles. The normalized spacial score (nSPS) is 18.8. The molecule has 24 heteroatoms. The first-order valence-corrected chi connectivity index (χ1v) is 36.4. The van der Waals surface area contributed by atoms with Crippen LogP contribution in [-0.4, -0.2) is 154 Å². The number of para-hydroxylation sites is 1. The lowest BCUT2D eigenvalue weighted by Gasteiger charge is -2.31. The fourth-order valence-electron chi connectivity index (χ4n) is 15.3. The summed E-state index contributed by atoms with van der Waals surface area (Å²) in [6.07, 6.45) is 8.79. The van der Waals surface area contributed by atoms with Gasteiger partial charge in [0.25, 0.3) is 11.8 Å². The lowest BCUT2D eigenvalue weighted by atomic mass is 9.89. The number of unbranched alkanes of at least 4 members (excludes halogenated alkanes) is 2. The molecule has 24 nitrogen and oxygen atoms in total. The summed E-state index contributed by atoms with van der Waals surface area (Å²) in [7, 11) is 3.04. The highest BCUT2D eigenvalue weighted by atomic mass is 16.6. The number of nitrogens with one attached hydrogen (secondary N) is 2. The molecule has 13 rings (SSSR count). The van der Waals surface area contributed by atoms with E-state index >= 15 is 0 Å². The maximum absolute atomic E-state index is 14.5. The molecule has 5 aliphatic heterocycles. The number of benzene rings is 5. The van der Waals surface area contributed by atoms with E-state index in [1.807, 2.05) is 77.2 Å². The molecule has 5 aromatic carbocycles. The Hall–Kier alpha value is -10.2. The number of hydrogen-bond donors (Lipinski definition) is 3. The second-order valence-corrected chi connectivity index (χ2v) is 29.3. The van der Waals surface area contributed by atoms with E-state index in [0.29, 0.717) is 72.8 Å². The SMILES string of the molecule is CCn1nnc2c1-c1ccccc1N(C(=O)CCC(=O)CCC(=O)NCC(=O)C[C@H](C(=O)N[C@@H](C)C(=O)Cc1ccc(COC(=O)N3c4cc(OCCCCCOc5cc6c(cc5OC)C(=O)N5CC7(CC7)C[C@H]5C=C6)c(OC)cc4C(=O)N4CC5(CC5)C[C@H]4[C@@H]3O)cc1)C(C)C)Cc1ccccc1-2. The van der Waals surface area contributed by atoms with Crippen molar-refractivity contribution in [1.29, 1.82) is 0 Å². The first-order valence-electron chi connectivity index (χ1n) is 36.4. The van der Waals surface area contributed by atoms with Gasteiger partial charge >= 0.3 is 6.09 Å². The zero-order valence-electron chi connectivity index (χ0n) is 59.9. The summed E-state index contributed by atoms with van der Waals surface area (Å²) in [4.78, 5) is 130. The molecule has 546 valence electrons. The molecule has 104 heavy (non-hydrogen) atoms. The molecule has 4 fully saturated rings. The second-order valence-electron chi connectivity index (χ2n) is 29.3. The lowest BCUT2D eigenvalue weighted by Crippen LogP contribution is -2.50. The van der Waals surface area contributed by atoms with Gasteiger partial charge < -0.3 is 54.1 Å². The van der Waals surface area contributed by atoms with Crippen LogP contribution < -0.4 is 39.4 Å². The summed E-state index contributed by atoms with van der Waals surface area (Å²) in [6, 6.07) is 27.4. The molecular formula is C80H91N9O15. The molecule has 1 aromatic heterocycles. The summed E-state index contributed by atoms with van der Waals surface area (Å²) in [6.45, 7) is 9.25. The lowest BCUT2D eigenvalue weighted by molar-refractivity contribution is -0.133. The van der Waals surface area contributed by atoms with Crippen LogP contribution in [0.15, 0.2) is 103 Å². The molecule has 5 atom stereocenters. The van der Waals surface area contributed by atoms with Crippen LogP contribution in [0.25, 0.3) is 28.6 Å². The maximum atomic E-state index is 14.5. The van der Waals surface area contributed by atoms with Crippen LogP contribution in [0.4, 0.5) is 16.2 Å². The Morgan fingerprint density at radius 1 is 0.683 bits per heavy atom. The van der Waals surface area contributed by atoms with Crippen LogP contribution in [0.3, 0.4) is 0 Å². The topological polar surface area (TPSA) is 288 Å². The van der Waals surface area contributed by atoms with Crippen LogP contribution in [0.2, 0.25) is 0 Å². The van der Waals surface area contributed by atoms with E-state index in [0.717, 1.165) is 70.8 Å². The number of nitrogens with zero attached hydrogens (tertiary/aromatic N) is 7. The van der Waals surface area contributed by atoms with Gasteiger partial charge in [0.05, 0.1) is 86.8 Å². The number of anilines is 2. The van der Waals surface area contributed by atoms with Crippen molar-refractivity contribution in [3.05, 3.63) is 137 Å². The number of hydrogen-bond acceptors (Lipinski definition) is 17. The van der Waals surface area contributed by atoms with Crippen molar-refractivity contribution >= 4 is 70.4 Å². The minimum Gasteiger partial charge on any atom is -0.493 e. The third-order valence-corrected chi connectivity index (χ3v) is 21.8. The van der Waals surface area contributed by atoms with Gasteiger partial charge in [0.1, 0.15) is 18.1 Å². The van der Waals surface area contributed by atoms with Crippen molar-refractivity contribution in [1.82, 2.24) is 35.4 Å². The predicted molar refractivity (Wildman–Crippen MR) is 386 cm³/mol. The highest BCUT2D eigenvalue weighted by Gasteiger charge is 2.58. The van der Waals surface area contributed by atoms with Crippen molar-refractivity contribution in [2.24, 2.45) is 22.7 Å². The highest BCUT2D eigenvalue weighted by molar-refractivity contribution is 6.07. The van der Waals surface area contributed by atoms with Crippen molar-refractivity contribution in [3.8, 4) is 45.5 Å². The molecule has 3 N–H and O–H groups in total. The summed E-state index contributed by atoms with van der Waals surface area (Å²) in [5.74, 6) is -2.09. The predicted octanol–water partition coefficient (Wildman–Crippen LogP) is 10.4. The standard InChI is InChI=1S/C80H91N9O15/c1-7-88-73-58-17-11-12-18-62(58)85(44-53-15-9-10-16-57(53)72(73)83-84-88)71(94)28-26-55(90)25-27-70(93)81-43-56(91)37-59(48(2)3)74(95)82-49(4)65(92)35-50-19-21-51(22-20-50)45-104-78(99)89-63-40-69(67(101-6)39-61(63)76(97)87-47-80(31-32-80)42-64(87)77(89)98)103-34-14-8-13-33-102-68-36-52-23-24-54-41-79(29-30-79)46-86(54)75(96)60(52)38-66(68)100-5/h9-12,15-24,36,38-40,48-49,54,59,64,77,98H,7-8,13-14,25-35,37,41-47H2,1-6H3,(H,81,93)(H,82,95)/t49-,54+,59-,64-,77-/m0/s1. The number of methoxy groups -OCH3 is 2. The average Bonchev–Trinajstić information content (AvgIpc) is 1.57. The van der Waals surface area contributed by atoms with Gasteiger partial charge in [-0.1, -0.05) is 97.9 Å². The Morgan fingerprint density at radius 2 is 1.33 bits per heavy atom. The van der Waals surface area contributed by atoms with Gasteiger partial charge in [-0.05, 0) is 135 Å². The molecule has 0 unspecified atom stereocenters. The van der Waals surface area contributed by atoms with E-state index in [9.17, 15) is 48.3 Å². The molecule has 0 bridgehead atoms. The average molecular weight is 1420 g/mol. The number of fused-ring (bicyclic) bond motifs is 9. The van der Waals surface area contributed by atoms with Gasteiger partial charge in [0, 0.05) is 81.3 Å². The van der Waals surface area contributed by atoms with Crippen LogP contribution in [0.5, 0.6) is 23.0 Å². The minimum absolute atomic E-state index is 0.0219. The Kier molecular flexibility index (Phi) is 21.2.